The summed E-state index contributed by atoms with van der Waals surface area (Å²) < 4.78 is 32.0. The van der Waals surface area contributed by atoms with E-state index < -0.39 is 10.0 Å². The summed E-state index contributed by atoms with van der Waals surface area (Å²) in [4.78, 5) is 15.4. The van der Waals surface area contributed by atoms with Crippen molar-refractivity contribution in [3.05, 3.63) is 80.7 Å². The van der Waals surface area contributed by atoms with Gasteiger partial charge in [0.1, 0.15) is 5.76 Å². The van der Waals surface area contributed by atoms with Gasteiger partial charge in [-0.2, -0.15) is 18.4 Å². The van der Waals surface area contributed by atoms with Gasteiger partial charge in [-0.05, 0) is 79.4 Å². The van der Waals surface area contributed by atoms with Gasteiger partial charge >= 0.3 is 0 Å². The molecule has 1 aliphatic rings. The zero-order valence-corrected chi connectivity index (χ0v) is 20.9. The van der Waals surface area contributed by atoms with Crippen LogP contribution < -0.4 is 10.1 Å². The van der Waals surface area contributed by atoms with E-state index in [-0.39, 0.29) is 16.6 Å². The lowest BCUT2D eigenvalue weighted by Crippen LogP contribution is -2.22. The number of hydrogen-bond donors (Lipinski definition) is 2. The number of amides is 1. The number of carbonyl (C=O) groups is 1. The third kappa shape index (κ3) is 4.89. The lowest BCUT2D eigenvalue weighted by atomic mass is 9.93. The Morgan fingerprint density at radius 3 is 2.42 bits per heavy atom. The van der Waals surface area contributed by atoms with Gasteiger partial charge in [0.15, 0.2) is 5.76 Å². The first-order valence-corrected chi connectivity index (χ1v) is 12.8. The lowest BCUT2D eigenvalue weighted by molar-refractivity contribution is 0.0994. The SMILES string of the molecule is Cc1ccc(S(=O)(=O)N/N=C2\CCCc3oc(C(=O)Nc4ccc(C)cc4Br)c(C)c32)cc1. The monoisotopic (exact) mass is 529 g/mol. The maximum absolute atomic E-state index is 12.9. The highest BCUT2D eigenvalue weighted by atomic mass is 79.9. The van der Waals surface area contributed by atoms with E-state index in [4.69, 9.17) is 4.42 Å². The second kappa shape index (κ2) is 9.15. The van der Waals surface area contributed by atoms with E-state index >= 15 is 0 Å². The Bertz CT molecular complexity index is 1360. The number of furan rings is 1. The van der Waals surface area contributed by atoms with E-state index in [1.165, 1.54) is 0 Å². The fourth-order valence-corrected chi connectivity index (χ4v) is 5.21. The Balaban J connectivity index is 1.60. The number of sulfonamides is 1. The summed E-state index contributed by atoms with van der Waals surface area (Å²) in [6.45, 7) is 5.65. The van der Waals surface area contributed by atoms with Gasteiger partial charge in [0.05, 0.1) is 16.3 Å². The molecule has 0 unspecified atom stereocenters. The first-order chi connectivity index (χ1) is 15.7. The van der Waals surface area contributed by atoms with E-state index in [2.05, 4.69) is 31.2 Å². The Hall–Kier alpha value is -2.91. The number of hydrazone groups is 1. The van der Waals surface area contributed by atoms with E-state index in [1.807, 2.05) is 32.0 Å². The number of aryl methyl sites for hydroxylation is 3. The van der Waals surface area contributed by atoms with Crippen molar-refractivity contribution in [3.63, 3.8) is 0 Å². The molecule has 1 heterocycles. The molecule has 172 valence electrons. The van der Waals surface area contributed by atoms with Crippen LogP contribution in [-0.2, 0) is 16.4 Å². The quantitative estimate of drug-likeness (QED) is 0.441. The molecular formula is C24H24BrN3O4S. The fourth-order valence-electron chi connectivity index (χ4n) is 3.78. The fraction of sp³-hybridized carbons (Fsp3) is 0.250. The number of hydrogen-bond acceptors (Lipinski definition) is 5. The maximum Gasteiger partial charge on any atom is 0.291 e. The molecule has 0 saturated carbocycles. The second-order valence-corrected chi connectivity index (χ2v) is 10.6. The van der Waals surface area contributed by atoms with Crippen molar-refractivity contribution in [3.8, 4) is 0 Å². The molecule has 7 nitrogen and oxygen atoms in total. The van der Waals surface area contributed by atoms with Crippen LogP contribution in [0, 0.1) is 20.8 Å². The molecule has 1 aliphatic carbocycles. The van der Waals surface area contributed by atoms with Gasteiger partial charge < -0.3 is 9.73 Å². The van der Waals surface area contributed by atoms with Crippen LogP contribution in [0.1, 0.15) is 51.4 Å². The maximum atomic E-state index is 12.9. The van der Waals surface area contributed by atoms with Gasteiger partial charge in [-0.3, -0.25) is 4.79 Å². The third-order valence-electron chi connectivity index (χ3n) is 5.54. The number of rotatable bonds is 5. The minimum Gasteiger partial charge on any atom is -0.455 e. The molecule has 9 heteroatoms. The van der Waals surface area contributed by atoms with Crippen LogP contribution in [0.4, 0.5) is 5.69 Å². The van der Waals surface area contributed by atoms with Gasteiger partial charge in [0.2, 0.25) is 0 Å². The van der Waals surface area contributed by atoms with Gasteiger partial charge in [-0.15, -0.1) is 0 Å². The summed E-state index contributed by atoms with van der Waals surface area (Å²) in [6.07, 6.45) is 1.98. The summed E-state index contributed by atoms with van der Waals surface area (Å²) in [5, 5.41) is 7.09. The number of nitrogens with one attached hydrogen (secondary N) is 2. The van der Waals surface area contributed by atoms with E-state index in [9.17, 15) is 13.2 Å². The van der Waals surface area contributed by atoms with Crippen LogP contribution >= 0.6 is 15.9 Å². The molecule has 1 aromatic heterocycles. The van der Waals surface area contributed by atoms with Crippen LogP contribution in [0.5, 0.6) is 0 Å². The summed E-state index contributed by atoms with van der Waals surface area (Å²) in [5.74, 6) is 0.467. The second-order valence-electron chi connectivity index (χ2n) is 8.11. The van der Waals surface area contributed by atoms with Gasteiger partial charge in [-0.25, -0.2) is 0 Å². The molecule has 2 aromatic carbocycles. The molecule has 0 radical (unpaired) electrons. The Kier molecular flexibility index (Phi) is 6.45. The van der Waals surface area contributed by atoms with E-state index in [1.54, 1.807) is 31.2 Å². The van der Waals surface area contributed by atoms with Gasteiger partial charge in [0, 0.05) is 22.0 Å². The molecule has 33 heavy (non-hydrogen) atoms. The molecule has 2 N–H and O–H groups in total. The van der Waals surface area contributed by atoms with Crippen molar-refractivity contribution < 1.29 is 17.6 Å². The van der Waals surface area contributed by atoms with E-state index in [0.717, 1.165) is 22.0 Å². The number of anilines is 1. The van der Waals surface area contributed by atoms with Crippen molar-refractivity contribution in [1.82, 2.24) is 4.83 Å². The van der Waals surface area contributed by atoms with Crippen LogP contribution in [0.2, 0.25) is 0 Å². The molecule has 0 atom stereocenters. The largest absolute Gasteiger partial charge is 0.455 e. The predicted octanol–water partition coefficient (Wildman–Crippen LogP) is 5.24. The number of halogens is 1. The number of carbonyl (C=O) groups excluding carboxylic acids is 1. The first kappa shape index (κ1) is 23.3. The molecule has 0 bridgehead atoms. The summed E-state index contributed by atoms with van der Waals surface area (Å²) >= 11 is 3.47. The zero-order valence-electron chi connectivity index (χ0n) is 18.5. The van der Waals surface area contributed by atoms with Crippen LogP contribution in [0.15, 0.2) is 61.4 Å². The minimum atomic E-state index is -3.80. The molecule has 0 saturated heterocycles. The van der Waals surface area contributed by atoms with Crippen LogP contribution in [0.25, 0.3) is 0 Å². The van der Waals surface area contributed by atoms with Crippen molar-refractivity contribution in [2.75, 3.05) is 5.32 Å². The summed E-state index contributed by atoms with van der Waals surface area (Å²) in [7, 11) is -3.80. The molecule has 0 spiro atoms. The summed E-state index contributed by atoms with van der Waals surface area (Å²) in [6, 6.07) is 12.2. The average Bonchev–Trinajstić information content (AvgIpc) is 3.12. The smallest absolute Gasteiger partial charge is 0.291 e. The molecular weight excluding hydrogens is 506 g/mol. The highest BCUT2D eigenvalue weighted by Gasteiger charge is 2.28. The van der Waals surface area contributed by atoms with Crippen LogP contribution in [0.3, 0.4) is 0 Å². The first-order valence-electron chi connectivity index (χ1n) is 10.5. The molecule has 0 fully saturated rings. The number of nitrogens with zero attached hydrogens (tertiary/aromatic N) is 1. The standard InChI is InChI=1S/C24H24BrN3O4S/c1-14-7-10-17(11-8-14)33(30,31)28-27-20-5-4-6-21-22(20)16(3)23(32-21)24(29)26-19-12-9-15(2)13-18(19)25/h7-13,28H,4-6H2,1-3H3,(H,26,29)/b27-20+. The minimum absolute atomic E-state index is 0.140. The Morgan fingerprint density at radius 2 is 1.73 bits per heavy atom. The van der Waals surface area contributed by atoms with Crippen molar-refractivity contribution in [2.45, 2.75) is 44.9 Å². The molecule has 4 rings (SSSR count). The van der Waals surface area contributed by atoms with Gasteiger partial charge in [0.25, 0.3) is 15.9 Å². The van der Waals surface area contributed by atoms with Crippen molar-refractivity contribution in [2.24, 2.45) is 5.10 Å². The number of benzene rings is 2. The van der Waals surface area contributed by atoms with E-state index in [0.29, 0.717) is 41.1 Å². The van der Waals surface area contributed by atoms with Crippen LogP contribution in [-0.4, -0.2) is 20.0 Å². The Morgan fingerprint density at radius 1 is 1.03 bits per heavy atom. The van der Waals surface area contributed by atoms with Gasteiger partial charge in [-0.1, -0.05) is 23.8 Å². The Labute approximate surface area is 201 Å². The summed E-state index contributed by atoms with van der Waals surface area (Å²) in [5.41, 5.74) is 4.57. The highest BCUT2D eigenvalue weighted by Crippen LogP contribution is 2.31. The topological polar surface area (TPSA) is 101 Å². The highest BCUT2D eigenvalue weighted by molar-refractivity contribution is 9.10. The third-order valence-corrected chi connectivity index (χ3v) is 7.42. The molecule has 0 aliphatic heterocycles. The van der Waals surface area contributed by atoms with Crippen molar-refractivity contribution >= 4 is 43.3 Å². The van der Waals surface area contributed by atoms with Crippen molar-refractivity contribution in [1.29, 1.82) is 0 Å². The molecule has 3 aromatic rings. The predicted molar refractivity (Wildman–Crippen MR) is 131 cm³/mol. The average molecular weight is 530 g/mol. The normalized spacial score (nSPS) is 14.7. The molecule has 1 amide bonds. The lowest BCUT2D eigenvalue weighted by Gasteiger charge is -2.14. The zero-order chi connectivity index (χ0) is 23.8. The number of fused-ring (bicyclic) bond motifs is 1.